The van der Waals surface area contributed by atoms with E-state index in [1.165, 1.54) is 14.0 Å². The van der Waals surface area contributed by atoms with E-state index in [0.29, 0.717) is 0 Å². The van der Waals surface area contributed by atoms with Gasteiger partial charge in [-0.3, -0.25) is 0 Å². The first kappa shape index (κ1) is 16.9. The van der Waals surface area contributed by atoms with Gasteiger partial charge in [0.05, 0.1) is 6.61 Å². The molecule has 0 saturated heterocycles. The highest BCUT2D eigenvalue weighted by atomic mass is 19.4. The predicted molar refractivity (Wildman–Crippen MR) is 51.5 cm³/mol. The summed E-state index contributed by atoms with van der Waals surface area (Å²) in [6.45, 7) is -0.223. The molecule has 9 heteroatoms. The third kappa shape index (κ3) is 5.03. The minimum atomic E-state index is -5.74. The lowest BCUT2D eigenvalue weighted by atomic mass is 10.3. The topological polar surface area (TPSA) is 38.8 Å². The van der Waals surface area contributed by atoms with Crippen molar-refractivity contribution in [2.45, 2.75) is 19.0 Å². The lowest BCUT2D eigenvalue weighted by Crippen LogP contribution is -2.43. The summed E-state index contributed by atoms with van der Waals surface area (Å²) in [6.07, 6.45) is -6.98. The van der Waals surface area contributed by atoms with Gasteiger partial charge >= 0.3 is 18.2 Å². The molecule has 0 fully saturated rings. The Morgan fingerprint density at radius 1 is 1.22 bits per heavy atom. The number of rotatable bonds is 6. The molecular formula is C9H14F5NO3. The van der Waals surface area contributed by atoms with Gasteiger partial charge < -0.3 is 14.4 Å². The molecule has 0 aliphatic rings. The van der Waals surface area contributed by atoms with Crippen LogP contribution in [-0.2, 0) is 9.47 Å². The molecule has 18 heavy (non-hydrogen) atoms. The fraction of sp³-hybridized carbons (Fsp3) is 0.889. The highest BCUT2D eigenvalue weighted by Gasteiger charge is 2.58. The van der Waals surface area contributed by atoms with E-state index < -0.39 is 24.8 Å². The molecule has 0 unspecified atom stereocenters. The van der Waals surface area contributed by atoms with E-state index in [1.54, 1.807) is 0 Å². The minimum absolute atomic E-state index is 0.0451. The number of methoxy groups -OCH3 is 1. The molecule has 0 aromatic carbocycles. The smallest absolute Gasteiger partial charge is 0.443 e. The van der Waals surface area contributed by atoms with Crippen LogP contribution in [0.4, 0.5) is 26.7 Å². The van der Waals surface area contributed by atoms with Crippen molar-refractivity contribution in [3.63, 3.8) is 0 Å². The number of alkyl halides is 5. The average molecular weight is 279 g/mol. The molecule has 0 aliphatic carbocycles. The van der Waals surface area contributed by atoms with Gasteiger partial charge in [-0.25, -0.2) is 4.79 Å². The first-order valence-electron chi connectivity index (χ1n) is 5.01. The van der Waals surface area contributed by atoms with E-state index >= 15 is 0 Å². The number of amides is 1. The number of halogens is 5. The summed E-state index contributed by atoms with van der Waals surface area (Å²) in [4.78, 5) is 12.2. The maximum Gasteiger partial charge on any atom is 0.456 e. The number of carbonyl (C=O) groups is 1. The molecule has 1 amide bonds. The summed E-state index contributed by atoms with van der Waals surface area (Å²) in [6, 6.07) is 0. The van der Waals surface area contributed by atoms with Gasteiger partial charge in [0.25, 0.3) is 0 Å². The highest BCUT2D eigenvalue weighted by molar-refractivity contribution is 5.67. The number of carbonyl (C=O) groups excluding carboxylic acids is 1. The van der Waals surface area contributed by atoms with Crippen LogP contribution < -0.4 is 0 Å². The van der Waals surface area contributed by atoms with E-state index in [0.717, 1.165) is 4.90 Å². The molecule has 0 rings (SSSR count). The van der Waals surface area contributed by atoms with E-state index in [2.05, 4.69) is 9.47 Å². The van der Waals surface area contributed by atoms with Crippen molar-refractivity contribution in [2.24, 2.45) is 0 Å². The second-order valence-electron chi connectivity index (χ2n) is 3.33. The number of nitrogens with zero attached hydrogens (tertiary/aromatic N) is 1. The van der Waals surface area contributed by atoms with Gasteiger partial charge in [-0.2, -0.15) is 22.0 Å². The summed E-state index contributed by atoms with van der Waals surface area (Å²) in [5, 5.41) is 0. The molecule has 0 radical (unpaired) electrons. The summed E-state index contributed by atoms with van der Waals surface area (Å²) in [7, 11) is 1.36. The van der Waals surface area contributed by atoms with Crippen molar-refractivity contribution < 1.29 is 36.2 Å². The molecule has 0 atom stereocenters. The predicted octanol–water partition coefficient (Wildman–Crippen LogP) is 2.29. The van der Waals surface area contributed by atoms with E-state index in [1.807, 2.05) is 0 Å². The zero-order valence-electron chi connectivity index (χ0n) is 9.89. The van der Waals surface area contributed by atoms with E-state index in [4.69, 9.17) is 0 Å². The van der Waals surface area contributed by atoms with Crippen molar-refractivity contribution in [1.82, 2.24) is 4.90 Å². The molecule has 0 N–H and O–H groups in total. The zero-order chi connectivity index (χ0) is 14.4. The quantitative estimate of drug-likeness (QED) is 0.700. The van der Waals surface area contributed by atoms with Crippen LogP contribution in [0, 0.1) is 0 Å². The van der Waals surface area contributed by atoms with Crippen LogP contribution in [0.15, 0.2) is 0 Å². The van der Waals surface area contributed by atoms with Crippen LogP contribution in [0.2, 0.25) is 0 Å². The van der Waals surface area contributed by atoms with Gasteiger partial charge in [0.1, 0.15) is 0 Å². The van der Waals surface area contributed by atoms with Crippen molar-refractivity contribution >= 4 is 6.09 Å². The molecule has 0 aromatic rings. The van der Waals surface area contributed by atoms with Crippen LogP contribution in [0.5, 0.6) is 0 Å². The lowest BCUT2D eigenvalue weighted by molar-refractivity contribution is -0.292. The number of hydrogen-bond donors (Lipinski definition) is 0. The largest absolute Gasteiger partial charge is 0.456 e. The number of ether oxygens (including phenoxy) is 2. The first-order chi connectivity index (χ1) is 8.15. The number of likely N-dealkylation sites (N-methyl/N-ethyl adjacent to an activating group) is 1. The van der Waals surface area contributed by atoms with Crippen LogP contribution >= 0.6 is 0 Å². The molecule has 0 spiro atoms. The van der Waals surface area contributed by atoms with Gasteiger partial charge in [-0.05, 0) is 6.92 Å². The van der Waals surface area contributed by atoms with Gasteiger partial charge in [0.15, 0.2) is 6.61 Å². The van der Waals surface area contributed by atoms with Crippen LogP contribution in [0.3, 0.4) is 0 Å². The molecule has 0 heterocycles. The summed E-state index contributed by atoms with van der Waals surface area (Å²) >= 11 is 0. The Kier molecular flexibility index (Phi) is 6.30. The summed E-state index contributed by atoms with van der Waals surface area (Å²) < 4.78 is 68.9. The summed E-state index contributed by atoms with van der Waals surface area (Å²) in [5.74, 6) is -5.05. The van der Waals surface area contributed by atoms with Gasteiger partial charge in [-0.15, -0.1) is 0 Å². The molecule has 0 saturated carbocycles. The lowest BCUT2D eigenvalue weighted by Gasteiger charge is -2.23. The Balaban J connectivity index is 4.31. The van der Waals surface area contributed by atoms with Crippen molar-refractivity contribution in [3.8, 4) is 0 Å². The molecular weight excluding hydrogens is 265 g/mol. The molecule has 0 aromatic heterocycles. The Bertz CT molecular complexity index is 269. The first-order valence-corrected chi connectivity index (χ1v) is 5.01. The van der Waals surface area contributed by atoms with Crippen LogP contribution in [0.25, 0.3) is 0 Å². The fourth-order valence-electron chi connectivity index (χ4n) is 0.905. The van der Waals surface area contributed by atoms with Gasteiger partial charge in [0.2, 0.25) is 0 Å². The Labute approximate surface area is 101 Å². The maximum absolute atomic E-state index is 12.5. The monoisotopic (exact) mass is 279 g/mol. The molecule has 0 aliphatic heterocycles. The second kappa shape index (κ2) is 6.72. The van der Waals surface area contributed by atoms with Crippen LogP contribution in [0.1, 0.15) is 6.92 Å². The highest BCUT2D eigenvalue weighted by Crippen LogP contribution is 2.35. The zero-order valence-corrected chi connectivity index (χ0v) is 9.89. The maximum atomic E-state index is 12.5. The summed E-state index contributed by atoms with van der Waals surface area (Å²) in [5.41, 5.74) is 0. The van der Waals surface area contributed by atoms with E-state index in [-0.39, 0.29) is 19.7 Å². The Hall–Kier alpha value is -1.12. The Morgan fingerprint density at radius 2 is 1.78 bits per heavy atom. The number of hydrogen-bond acceptors (Lipinski definition) is 3. The van der Waals surface area contributed by atoms with Crippen molar-refractivity contribution in [2.75, 3.05) is 33.4 Å². The third-order valence-corrected chi connectivity index (χ3v) is 2.00. The third-order valence-electron chi connectivity index (χ3n) is 2.00. The average Bonchev–Trinajstić information content (AvgIpc) is 2.26. The van der Waals surface area contributed by atoms with E-state index in [9.17, 15) is 26.7 Å². The standard InChI is InChI=1S/C9H14F5NO3/c1-3-15(4-5-17-2)7(16)18-6-8(10,11)9(12,13)14/h3-6H2,1-2H3. The fourth-order valence-corrected chi connectivity index (χ4v) is 0.905. The molecule has 0 bridgehead atoms. The van der Waals surface area contributed by atoms with Crippen LogP contribution in [-0.4, -0.2) is 56.5 Å². The SMILES string of the molecule is CCN(CCOC)C(=O)OCC(F)(F)C(F)(F)F. The van der Waals surface area contributed by atoms with Gasteiger partial charge in [0, 0.05) is 20.2 Å². The molecule has 108 valence electrons. The Morgan fingerprint density at radius 3 is 2.17 bits per heavy atom. The minimum Gasteiger partial charge on any atom is -0.443 e. The normalized spacial score (nSPS) is 12.4. The van der Waals surface area contributed by atoms with Crippen molar-refractivity contribution in [3.05, 3.63) is 0 Å². The van der Waals surface area contributed by atoms with Gasteiger partial charge in [-0.1, -0.05) is 0 Å². The molecule has 4 nitrogen and oxygen atoms in total. The van der Waals surface area contributed by atoms with Crippen molar-refractivity contribution in [1.29, 1.82) is 0 Å². The second-order valence-corrected chi connectivity index (χ2v) is 3.33.